The van der Waals surface area contributed by atoms with Gasteiger partial charge in [0.25, 0.3) is 0 Å². The van der Waals surface area contributed by atoms with Crippen LogP contribution in [0.3, 0.4) is 0 Å². The molecule has 1 aliphatic carbocycles. The van der Waals surface area contributed by atoms with E-state index < -0.39 is 14.6 Å². The molecular weight excluding hydrogens is 280 g/mol. The zero-order valence-electron chi connectivity index (χ0n) is 14.9. The number of aliphatic hydroxyl groups is 1. The zero-order chi connectivity index (χ0) is 16.3. The minimum Gasteiger partial charge on any atom is -0.414 e. The van der Waals surface area contributed by atoms with Crippen LogP contribution < -0.4 is 0 Å². The zero-order valence-corrected chi connectivity index (χ0v) is 15.9. The van der Waals surface area contributed by atoms with Crippen LogP contribution in [0.15, 0.2) is 11.6 Å². The third kappa shape index (κ3) is 3.14. The number of ether oxygens (including phenoxy) is 1. The molecule has 0 radical (unpaired) electrons. The predicted octanol–water partition coefficient (Wildman–Crippen LogP) is 4.23. The summed E-state index contributed by atoms with van der Waals surface area (Å²) in [4.78, 5) is 0. The molecule has 122 valence electrons. The Kier molecular flexibility index (Phi) is 4.03. The molecule has 2 aliphatic rings. The Bertz CT molecular complexity index is 447. The summed E-state index contributed by atoms with van der Waals surface area (Å²) in [6.45, 7) is 18.0. The molecule has 4 heteroatoms. The summed E-state index contributed by atoms with van der Waals surface area (Å²) < 4.78 is 12.5. The van der Waals surface area contributed by atoms with Gasteiger partial charge in [-0.3, -0.25) is 0 Å². The van der Waals surface area contributed by atoms with E-state index in [1.54, 1.807) is 0 Å². The van der Waals surface area contributed by atoms with Crippen molar-refractivity contribution in [3.05, 3.63) is 11.6 Å². The Morgan fingerprint density at radius 3 is 2.33 bits per heavy atom. The molecule has 2 rings (SSSR count). The molecule has 1 saturated carbocycles. The fourth-order valence-corrected chi connectivity index (χ4v) is 5.00. The van der Waals surface area contributed by atoms with Crippen molar-refractivity contribution in [2.24, 2.45) is 5.41 Å². The third-order valence-corrected chi connectivity index (χ3v) is 10.1. The lowest BCUT2D eigenvalue weighted by molar-refractivity contribution is -0.142. The van der Waals surface area contributed by atoms with E-state index in [0.29, 0.717) is 0 Å². The van der Waals surface area contributed by atoms with E-state index in [9.17, 15) is 5.11 Å². The summed E-state index contributed by atoms with van der Waals surface area (Å²) in [6, 6.07) is 0. The van der Waals surface area contributed by atoms with Crippen molar-refractivity contribution >= 4 is 8.32 Å². The van der Waals surface area contributed by atoms with Crippen LogP contribution in [0.25, 0.3) is 0 Å². The summed E-state index contributed by atoms with van der Waals surface area (Å²) in [5.41, 5.74) is 0.865. The van der Waals surface area contributed by atoms with Crippen LogP contribution in [0.1, 0.15) is 54.4 Å². The predicted molar refractivity (Wildman–Crippen MR) is 88.7 cm³/mol. The highest BCUT2D eigenvalue weighted by atomic mass is 28.4. The van der Waals surface area contributed by atoms with Gasteiger partial charge in [0.2, 0.25) is 0 Å². The Balaban J connectivity index is 2.22. The van der Waals surface area contributed by atoms with Gasteiger partial charge in [-0.2, -0.15) is 0 Å². The minimum absolute atomic E-state index is 0.0114. The summed E-state index contributed by atoms with van der Waals surface area (Å²) in [6.07, 6.45) is 3.16. The van der Waals surface area contributed by atoms with Gasteiger partial charge in [0.05, 0.1) is 5.60 Å². The molecule has 0 amide bonds. The molecule has 0 aromatic rings. The standard InChI is InChI=1S/C17H32O3Si/c1-15(2,3)21(7,8)20-12-10-16(4,5)13-9-14(18)19-17(13,6)11-12/h9,12,14,18H,10-11H2,1-8H3/t12-,14?,17+/m0/s1. The molecule has 3 nitrogen and oxygen atoms in total. The molecule has 1 aliphatic heterocycles. The minimum atomic E-state index is -1.79. The normalized spacial score (nSPS) is 36.3. The smallest absolute Gasteiger partial charge is 0.192 e. The van der Waals surface area contributed by atoms with Gasteiger partial charge in [-0.15, -0.1) is 0 Å². The fraction of sp³-hybridized carbons (Fsp3) is 0.882. The van der Waals surface area contributed by atoms with Crippen molar-refractivity contribution in [3.8, 4) is 0 Å². The van der Waals surface area contributed by atoms with Crippen molar-refractivity contribution in [1.29, 1.82) is 0 Å². The number of fused-ring (bicyclic) bond motifs is 1. The maximum Gasteiger partial charge on any atom is 0.192 e. The van der Waals surface area contributed by atoms with Gasteiger partial charge in [-0.1, -0.05) is 34.6 Å². The second-order valence-corrected chi connectivity index (χ2v) is 13.9. The van der Waals surface area contributed by atoms with Gasteiger partial charge in [-0.25, -0.2) is 0 Å². The van der Waals surface area contributed by atoms with Crippen molar-refractivity contribution in [3.63, 3.8) is 0 Å². The lowest BCUT2D eigenvalue weighted by atomic mass is 9.65. The van der Waals surface area contributed by atoms with Gasteiger partial charge >= 0.3 is 0 Å². The summed E-state index contributed by atoms with van der Waals surface area (Å²) in [5, 5.41) is 10.1. The van der Waals surface area contributed by atoms with Gasteiger partial charge in [-0.05, 0) is 48.5 Å². The number of hydrogen-bond donors (Lipinski definition) is 1. The molecule has 1 unspecified atom stereocenters. The molecule has 0 saturated heterocycles. The highest BCUT2D eigenvalue weighted by Gasteiger charge is 2.52. The first-order valence-electron chi connectivity index (χ1n) is 8.03. The Morgan fingerprint density at radius 2 is 1.81 bits per heavy atom. The second-order valence-electron chi connectivity index (χ2n) is 9.11. The van der Waals surface area contributed by atoms with Crippen LogP contribution >= 0.6 is 0 Å². The van der Waals surface area contributed by atoms with Crippen LogP contribution in [0.2, 0.25) is 18.1 Å². The number of hydrogen-bond acceptors (Lipinski definition) is 3. The van der Waals surface area contributed by atoms with Crippen LogP contribution in [0.5, 0.6) is 0 Å². The van der Waals surface area contributed by atoms with Crippen molar-refractivity contribution in [1.82, 2.24) is 0 Å². The summed E-state index contributed by atoms with van der Waals surface area (Å²) in [7, 11) is -1.79. The largest absolute Gasteiger partial charge is 0.414 e. The van der Waals surface area contributed by atoms with Crippen LogP contribution in [0, 0.1) is 5.41 Å². The highest BCUT2D eigenvalue weighted by molar-refractivity contribution is 6.74. The molecule has 21 heavy (non-hydrogen) atoms. The molecule has 0 bridgehead atoms. The Hall–Kier alpha value is -0.163. The van der Waals surface area contributed by atoms with Crippen LogP contribution in [-0.2, 0) is 9.16 Å². The summed E-state index contributed by atoms with van der Waals surface area (Å²) >= 11 is 0. The number of rotatable bonds is 2. The second kappa shape index (κ2) is 4.92. The number of aliphatic hydroxyl groups excluding tert-OH is 1. The van der Waals surface area contributed by atoms with Gasteiger partial charge in [0.15, 0.2) is 14.6 Å². The first-order chi connectivity index (χ1) is 9.27. The molecule has 1 heterocycles. The maximum atomic E-state index is 9.87. The van der Waals surface area contributed by atoms with Gasteiger partial charge < -0.3 is 14.3 Å². The van der Waals surface area contributed by atoms with Crippen LogP contribution in [0.4, 0.5) is 0 Å². The van der Waals surface area contributed by atoms with Gasteiger partial charge in [0, 0.05) is 12.5 Å². The van der Waals surface area contributed by atoms with Crippen molar-refractivity contribution in [2.45, 2.75) is 90.5 Å². The quantitative estimate of drug-likeness (QED) is 0.612. The van der Waals surface area contributed by atoms with E-state index in [4.69, 9.17) is 9.16 Å². The molecule has 1 fully saturated rings. The molecule has 0 aromatic carbocycles. The Morgan fingerprint density at radius 1 is 1.24 bits per heavy atom. The molecule has 3 atom stereocenters. The monoisotopic (exact) mass is 312 g/mol. The molecule has 1 N–H and O–H groups in total. The lowest BCUT2D eigenvalue weighted by Gasteiger charge is -2.49. The van der Waals surface area contributed by atoms with E-state index >= 15 is 0 Å². The lowest BCUT2D eigenvalue weighted by Crippen LogP contribution is -2.51. The average molecular weight is 313 g/mol. The van der Waals surface area contributed by atoms with Gasteiger partial charge in [0.1, 0.15) is 0 Å². The molecular formula is C17H32O3Si. The SMILES string of the molecule is CC1(C)C[C@H](O[Si](C)(C)C(C)(C)C)C[C@@]2(C)OC(O)C=C12. The van der Waals surface area contributed by atoms with Crippen molar-refractivity contribution in [2.75, 3.05) is 0 Å². The fourth-order valence-electron chi connectivity index (χ4n) is 3.64. The molecule has 0 spiro atoms. The van der Waals surface area contributed by atoms with E-state index in [2.05, 4.69) is 54.6 Å². The van der Waals surface area contributed by atoms with E-state index in [0.717, 1.165) is 12.8 Å². The van der Waals surface area contributed by atoms with E-state index in [1.165, 1.54) is 5.57 Å². The molecule has 0 aromatic heterocycles. The third-order valence-electron chi connectivity index (χ3n) is 5.61. The van der Waals surface area contributed by atoms with Crippen molar-refractivity contribution < 1.29 is 14.3 Å². The van der Waals surface area contributed by atoms with Crippen LogP contribution in [-0.4, -0.2) is 31.4 Å². The summed E-state index contributed by atoms with van der Waals surface area (Å²) in [5.74, 6) is 0. The topological polar surface area (TPSA) is 38.7 Å². The first-order valence-corrected chi connectivity index (χ1v) is 10.9. The maximum absolute atomic E-state index is 9.87. The Labute approximate surface area is 130 Å². The highest BCUT2D eigenvalue weighted by Crippen LogP contribution is 2.52. The first kappa shape index (κ1) is 17.2. The van der Waals surface area contributed by atoms with E-state index in [-0.39, 0.29) is 22.2 Å². The average Bonchev–Trinajstić information content (AvgIpc) is 2.50. The van der Waals surface area contributed by atoms with E-state index in [1.807, 2.05) is 6.08 Å².